The molecule has 0 saturated heterocycles. The SMILES string of the molecule is c1ccc(-c2ccccc2Nc2cccc(-c3cccc4c3C(c3ccccc3)(c3ccccc3)c3ccccc3-4)c2)cc1. The number of fused-ring (bicyclic) bond motifs is 3. The van der Waals surface area contributed by atoms with Crippen LogP contribution in [0.15, 0.2) is 182 Å². The molecule has 7 aromatic rings. The Balaban J connectivity index is 1.33. The molecule has 1 aliphatic carbocycles. The van der Waals surface area contributed by atoms with Gasteiger partial charge in [0.2, 0.25) is 0 Å². The average molecular weight is 562 g/mol. The van der Waals surface area contributed by atoms with E-state index >= 15 is 0 Å². The molecular formula is C43H31N. The van der Waals surface area contributed by atoms with Crippen molar-refractivity contribution in [2.24, 2.45) is 0 Å². The molecule has 0 bridgehead atoms. The Morgan fingerprint density at radius 3 is 1.61 bits per heavy atom. The van der Waals surface area contributed by atoms with Gasteiger partial charge in [0.1, 0.15) is 0 Å². The van der Waals surface area contributed by atoms with E-state index in [1.165, 1.54) is 55.6 Å². The predicted molar refractivity (Wildman–Crippen MR) is 184 cm³/mol. The van der Waals surface area contributed by atoms with Gasteiger partial charge >= 0.3 is 0 Å². The van der Waals surface area contributed by atoms with Crippen molar-refractivity contribution in [1.29, 1.82) is 0 Å². The molecule has 0 amide bonds. The van der Waals surface area contributed by atoms with Crippen molar-refractivity contribution in [3.63, 3.8) is 0 Å². The predicted octanol–water partition coefficient (Wildman–Crippen LogP) is 11.1. The zero-order valence-corrected chi connectivity index (χ0v) is 24.3. The number of rotatable bonds is 6. The minimum absolute atomic E-state index is 0.450. The van der Waals surface area contributed by atoms with Crippen LogP contribution in [0.3, 0.4) is 0 Å². The second-order valence-electron chi connectivity index (χ2n) is 11.4. The maximum atomic E-state index is 3.75. The van der Waals surface area contributed by atoms with Crippen LogP contribution in [0.2, 0.25) is 0 Å². The highest BCUT2D eigenvalue weighted by atomic mass is 14.9. The molecule has 0 aliphatic heterocycles. The van der Waals surface area contributed by atoms with Gasteiger partial charge in [-0.15, -0.1) is 0 Å². The van der Waals surface area contributed by atoms with Crippen molar-refractivity contribution in [3.8, 4) is 33.4 Å². The van der Waals surface area contributed by atoms with Crippen molar-refractivity contribution in [1.82, 2.24) is 0 Å². The standard InChI is InChI=1S/C43H31N/c1-4-16-31(17-5-1)36-24-11-13-29-41(36)44-35-23-14-18-32(30-35)37-26-15-27-39-38-25-10-12-28-40(38)43(42(37)39,33-19-6-2-7-20-33)34-21-8-3-9-22-34/h1-30,44H. The second-order valence-corrected chi connectivity index (χ2v) is 11.4. The van der Waals surface area contributed by atoms with E-state index in [0.717, 1.165) is 11.4 Å². The quantitative estimate of drug-likeness (QED) is 0.213. The molecule has 0 heterocycles. The molecule has 0 radical (unpaired) electrons. The minimum Gasteiger partial charge on any atom is -0.355 e. The van der Waals surface area contributed by atoms with E-state index in [0.29, 0.717) is 0 Å². The Morgan fingerprint density at radius 1 is 0.364 bits per heavy atom. The summed E-state index contributed by atoms with van der Waals surface area (Å²) in [4.78, 5) is 0. The van der Waals surface area contributed by atoms with Crippen LogP contribution in [0, 0.1) is 0 Å². The average Bonchev–Trinajstić information content (AvgIpc) is 3.41. The molecule has 1 aliphatic rings. The van der Waals surface area contributed by atoms with E-state index in [1.54, 1.807) is 0 Å². The maximum absolute atomic E-state index is 3.75. The van der Waals surface area contributed by atoms with Crippen LogP contribution in [-0.4, -0.2) is 0 Å². The van der Waals surface area contributed by atoms with Gasteiger partial charge in [0.05, 0.1) is 5.41 Å². The summed E-state index contributed by atoms with van der Waals surface area (Å²) in [5, 5.41) is 3.75. The summed E-state index contributed by atoms with van der Waals surface area (Å²) in [6, 6.07) is 65.7. The summed E-state index contributed by atoms with van der Waals surface area (Å²) in [6.45, 7) is 0. The lowest BCUT2D eigenvalue weighted by molar-refractivity contribution is 0.770. The minimum atomic E-state index is -0.450. The van der Waals surface area contributed by atoms with E-state index in [2.05, 4.69) is 187 Å². The summed E-state index contributed by atoms with van der Waals surface area (Å²) in [5.74, 6) is 0. The summed E-state index contributed by atoms with van der Waals surface area (Å²) in [5.41, 5.74) is 14.3. The zero-order chi connectivity index (χ0) is 29.3. The molecule has 7 aromatic carbocycles. The van der Waals surface area contributed by atoms with Crippen molar-refractivity contribution in [2.75, 3.05) is 5.32 Å². The summed E-state index contributed by atoms with van der Waals surface area (Å²) < 4.78 is 0. The van der Waals surface area contributed by atoms with Gasteiger partial charge in [-0.1, -0.05) is 164 Å². The molecule has 0 unspecified atom stereocenters. The van der Waals surface area contributed by atoms with E-state index in [1.807, 2.05) is 0 Å². The Bertz CT molecular complexity index is 2040. The molecule has 208 valence electrons. The summed E-state index contributed by atoms with van der Waals surface area (Å²) in [6.07, 6.45) is 0. The van der Waals surface area contributed by atoms with Gasteiger partial charge in [0, 0.05) is 16.9 Å². The van der Waals surface area contributed by atoms with Crippen LogP contribution in [0.5, 0.6) is 0 Å². The van der Waals surface area contributed by atoms with Crippen LogP contribution < -0.4 is 5.32 Å². The van der Waals surface area contributed by atoms with Gasteiger partial charge in [-0.3, -0.25) is 0 Å². The molecule has 0 spiro atoms. The summed E-state index contributed by atoms with van der Waals surface area (Å²) in [7, 11) is 0. The third-order valence-corrected chi connectivity index (χ3v) is 8.94. The van der Waals surface area contributed by atoms with E-state index in [4.69, 9.17) is 0 Å². The van der Waals surface area contributed by atoms with Crippen LogP contribution in [0.4, 0.5) is 11.4 Å². The van der Waals surface area contributed by atoms with Crippen molar-refractivity contribution in [3.05, 3.63) is 204 Å². The fourth-order valence-electron chi connectivity index (χ4n) is 7.13. The van der Waals surface area contributed by atoms with Gasteiger partial charge in [0.25, 0.3) is 0 Å². The molecule has 0 atom stereocenters. The topological polar surface area (TPSA) is 12.0 Å². The first kappa shape index (κ1) is 26.0. The van der Waals surface area contributed by atoms with E-state index in [9.17, 15) is 0 Å². The number of para-hydroxylation sites is 1. The zero-order valence-electron chi connectivity index (χ0n) is 24.3. The first-order valence-electron chi connectivity index (χ1n) is 15.2. The number of anilines is 2. The van der Waals surface area contributed by atoms with Gasteiger partial charge in [0.15, 0.2) is 0 Å². The Kier molecular flexibility index (Phi) is 6.43. The Morgan fingerprint density at radius 2 is 0.886 bits per heavy atom. The molecule has 1 heteroatoms. The molecule has 0 saturated carbocycles. The lowest BCUT2D eigenvalue weighted by Crippen LogP contribution is -2.29. The highest BCUT2D eigenvalue weighted by molar-refractivity contribution is 5.93. The lowest BCUT2D eigenvalue weighted by atomic mass is 9.66. The Labute approximate surface area is 259 Å². The van der Waals surface area contributed by atoms with Crippen LogP contribution in [-0.2, 0) is 5.41 Å². The first-order valence-corrected chi connectivity index (χ1v) is 15.2. The smallest absolute Gasteiger partial charge is 0.0719 e. The van der Waals surface area contributed by atoms with Gasteiger partial charge in [-0.05, 0) is 68.3 Å². The van der Waals surface area contributed by atoms with Crippen LogP contribution in [0.1, 0.15) is 22.3 Å². The van der Waals surface area contributed by atoms with Gasteiger partial charge < -0.3 is 5.32 Å². The molecule has 1 nitrogen and oxygen atoms in total. The Hall–Kier alpha value is -5.66. The molecule has 44 heavy (non-hydrogen) atoms. The fourth-order valence-corrected chi connectivity index (χ4v) is 7.13. The van der Waals surface area contributed by atoms with Crippen molar-refractivity contribution >= 4 is 11.4 Å². The van der Waals surface area contributed by atoms with Gasteiger partial charge in [-0.25, -0.2) is 0 Å². The number of nitrogens with one attached hydrogen (secondary N) is 1. The third-order valence-electron chi connectivity index (χ3n) is 8.94. The molecule has 0 aromatic heterocycles. The van der Waals surface area contributed by atoms with E-state index in [-0.39, 0.29) is 0 Å². The van der Waals surface area contributed by atoms with Crippen LogP contribution in [0.25, 0.3) is 33.4 Å². The van der Waals surface area contributed by atoms with Crippen molar-refractivity contribution in [2.45, 2.75) is 5.41 Å². The highest BCUT2D eigenvalue weighted by Crippen LogP contribution is 2.58. The first-order chi connectivity index (χ1) is 21.8. The lowest BCUT2D eigenvalue weighted by Gasteiger charge is -2.35. The third kappa shape index (κ3) is 4.17. The van der Waals surface area contributed by atoms with Crippen LogP contribution >= 0.6 is 0 Å². The number of hydrogen-bond acceptors (Lipinski definition) is 1. The summed E-state index contributed by atoms with van der Waals surface area (Å²) >= 11 is 0. The molecular weight excluding hydrogens is 530 g/mol. The fraction of sp³-hybridized carbons (Fsp3) is 0.0233. The monoisotopic (exact) mass is 561 g/mol. The van der Waals surface area contributed by atoms with Crippen molar-refractivity contribution < 1.29 is 0 Å². The number of hydrogen-bond donors (Lipinski definition) is 1. The maximum Gasteiger partial charge on any atom is 0.0719 e. The molecule has 1 N–H and O–H groups in total. The highest BCUT2D eigenvalue weighted by Gasteiger charge is 2.47. The van der Waals surface area contributed by atoms with E-state index < -0.39 is 5.41 Å². The molecule has 0 fully saturated rings. The normalized spacial score (nSPS) is 12.7. The largest absolute Gasteiger partial charge is 0.355 e. The number of benzene rings is 7. The molecule has 8 rings (SSSR count). The van der Waals surface area contributed by atoms with Gasteiger partial charge in [-0.2, -0.15) is 0 Å². The second kappa shape index (κ2) is 10.9.